The number of esters is 1. The smallest absolute Gasteiger partial charge is 0.359 e. The van der Waals surface area contributed by atoms with Crippen LogP contribution in [-0.2, 0) is 11.8 Å². The quantitative estimate of drug-likeness (QED) is 0.863. The van der Waals surface area contributed by atoms with Gasteiger partial charge in [-0.05, 0) is 30.6 Å². The lowest BCUT2D eigenvalue weighted by Gasteiger charge is -2.36. The average Bonchev–Trinajstić information content (AvgIpc) is 2.68. The predicted molar refractivity (Wildman–Crippen MR) is 78.2 cm³/mol. The summed E-state index contributed by atoms with van der Waals surface area (Å²) in [7, 11) is 1.70. The van der Waals surface area contributed by atoms with Crippen LogP contribution in [0.3, 0.4) is 0 Å². The molecule has 0 saturated heterocycles. The minimum Gasteiger partial charge on any atom is -0.457 e. The number of hydrogen-bond donors (Lipinski definition) is 1. The Morgan fingerprint density at radius 1 is 1.50 bits per heavy atom. The second kappa shape index (κ2) is 5.85. The summed E-state index contributed by atoms with van der Waals surface area (Å²) >= 11 is 0. The molecule has 1 saturated carbocycles. The highest BCUT2D eigenvalue weighted by Gasteiger charge is 2.34. The van der Waals surface area contributed by atoms with Crippen LogP contribution in [0.15, 0.2) is 6.20 Å². The molecule has 2 rings (SSSR count). The van der Waals surface area contributed by atoms with E-state index in [4.69, 9.17) is 10.5 Å². The average molecular weight is 279 g/mol. The zero-order chi connectivity index (χ0) is 14.9. The molecular weight excluding hydrogens is 254 g/mol. The van der Waals surface area contributed by atoms with Gasteiger partial charge in [-0.25, -0.2) is 4.79 Å². The molecule has 1 aliphatic carbocycles. The van der Waals surface area contributed by atoms with Gasteiger partial charge in [0, 0.05) is 7.05 Å². The maximum Gasteiger partial charge on any atom is 0.359 e. The van der Waals surface area contributed by atoms with E-state index in [0.29, 0.717) is 29.1 Å². The fraction of sp³-hybridized carbons (Fsp3) is 0.733. The monoisotopic (exact) mass is 279 g/mol. The van der Waals surface area contributed by atoms with Crippen molar-refractivity contribution in [3.8, 4) is 0 Å². The molecule has 20 heavy (non-hydrogen) atoms. The Morgan fingerprint density at radius 3 is 2.75 bits per heavy atom. The maximum absolute atomic E-state index is 12.3. The van der Waals surface area contributed by atoms with E-state index in [1.807, 2.05) is 0 Å². The Bertz CT molecular complexity index is 462. The lowest BCUT2D eigenvalue weighted by atomic mass is 9.75. The number of anilines is 1. The summed E-state index contributed by atoms with van der Waals surface area (Å²) in [5.41, 5.74) is 6.51. The van der Waals surface area contributed by atoms with Crippen LogP contribution in [0, 0.1) is 17.8 Å². The first-order valence-electron chi connectivity index (χ1n) is 7.38. The Kier molecular flexibility index (Phi) is 4.35. The van der Waals surface area contributed by atoms with Gasteiger partial charge in [0.15, 0.2) is 5.69 Å². The third kappa shape index (κ3) is 2.97. The molecular formula is C15H25N3O2. The van der Waals surface area contributed by atoms with Gasteiger partial charge in [-0.3, -0.25) is 4.68 Å². The molecule has 0 amide bonds. The van der Waals surface area contributed by atoms with E-state index in [1.165, 1.54) is 17.3 Å². The number of rotatable bonds is 3. The van der Waals surface area contributed by atoms with E-state index >= 15 is 0 Å². The highest BCUT2D eigenvalue weighted by atomic mass is 16.5. The summed E-state index contributed by atoms with van der Waals surface area (Å²) in [5.74, 6) is 1.20. The first-order chi connectivity index (χ1) is 9.40. The number of hydrogen-bond acceptors (Lipinski definition) is 4. The number of carbonyl (C=O) groups is 1. The number of ether oxygens (including phenoxy) is 1. The second-order valence-electron chi connectivity index (χ2n) is 6.34. The number of aryl methyl sites for hydroxylation is 1. The van der Waals surface area contributed by atoms with Crippen molar-refractivity contribution < 1.29 is 9.53 Å². The van der Waals surface area contributed by atoms with Crippen molar-refractivity contribution in [1.82, 2.24) is 9.78 Å². The minimum atomic E-state index is -0.354. The van der Waals surface area contributed by atoms with Crippen molar-refractivity contribution in [2.24, 2.45) is 24.8 Å². The molecule has 3 unspecified atom stereocenters. The maximum atomic E-state index is 12.3. The first-order valence-corrected chi connectivity index (χ1v) is 7.38. The van der Waals surface area contributed by atoms with Gasteiger partial charge in [0.05, 0.1) is 11.9 Å². The summed E-state index contributed by atoms with van der Waals surface area (Å²) in [4.78, 5) is 12.3. The van der Waals surface area contributed by atoms with Gasteiger partial charge in [-0.15, -0.1) is 0 Å². The Hall–Kier alpha value is -1.52. The van der Waals surface area contributed by atoms with Crippen LogP contribution >= 0.6 is 0 Å². The third-order valence-corrected chi connectivity index (χ3v) is 4.38. The highest BCUT2D eigenvalue weighted by Crippen LogP contribution is 2.35. The van der Waals surface area contributed by atoms with Crippen LogP contribution in [0.5, 0.6) is 0 Å². The van der Waals surface area contributed by atoms with Gasteiger partial charge in [0.2, 0.25) is 0 Å². The molecule has 0 aliphatic heterocycles. The molecule has 0 aromatic carbocycles. The molecule has 112 valence electrons. The lowest BCUT2D eigenvalue weighted by molar-refractivity contribution is -0.0182. The number of nitrogens with two attached hydrogens (primary N) is 1. The summed E-state index contributed by atoms with van der Waals surface area (Å²) in [6.07, 6.45) is 4.75. The van der Waals surface area contributed by atoms with E-state index in [-0.39, 0.29) is 12.1 Å². The molecule has 0 bridgehead atoms. The lowest BCUT2D eigenvalue weighted by Crippen LogP contribution is -2.36. The van der Waals surface area contributed by atoms with E-state index in [9.17, 15) is 4.79 Å². The molecule has 1 heterocycles. The van der Waals surface area contributed by atoms with Crippen molar-refractivity contribution in [3.05, 3.63) is 11.9 Å². The zero-order valence-electron chi connectivity index (χ0n) is 12.8. The standard InChI is InChI=1S/C15H25N3O2/c1-9(2)11-6-5-10(3)7-13(11)20-15(19)14-12(16)8-17-18(14)4/h8-11,13H,5-7,16H2,1-4H3. The number of carbonyl (C=O) groups excluding carboxylic acids is 1. The van der Waals surface area contributed by atoms with Crippen LogP contribution in [0.4, 0.5) is 5.69 Å². The zero-order valence-corrected chi connectivity index (χ0v) is 12.8. The molecule has 2 N–H and O–H groups in total. The van der Waals surface area contributed by atoms with Crippen molar-refractivity contribution in [2.75, 3.05) is 5.73 Å². The molecule has 1 aromatic rings. The first kappa shape index (κ1) is 14.9. The summed E-state index contributed by atoms with van der Waals surface area (Å²) < 4.78 is 7.24. The Balaban J connectivity index is 2.12. The number of nitrogens with zero attached hydrogens (tertiary/aromatic N) is 2. The molecule has 1 aliphatic rings. The second-order valence-corrected chi connectivity index (χ2v) is 6.34. The van der Waals surface area contributed by atoms with Gasteiger partial charge >= 0.3 is 5.97 Å². The molecule has 1 fully saturated rings. The summed E-state index contributed by atoms with van der Waals surface area (Å²) in [6.45, 7) is 6.61. The number of nitrogen functional groups attached to an aromatic ring is 1. The Labute approximate surface area is 120 Å². The molecule has 0 radical (unpaired) electrons. The minimum absolute atomic E-state index is 0.0134. The van der Waals surface area contributed by atoms with Gasteiger partial charge in [0.1, 0.15) is 6.10 Å². The molecule has 0 spiro atoms. The van der Waals surface area contributed by atoms with Crippen LogP contribution in [-0.4, -0.2) is 21.9 Å². The fourth-order valence-corrected chi connectivity index (χ4v) is 3.15. The van der Waals surface area contributed by atoms with Crippen molar-refractivity contribution in [2.45, 2.75) is 46.1 Å². The van der Waals surface area contributed by atoms with Crippen LogP contribution < -0.4 is 5.73 Å². The third-order valence-electron chi connectivity index (χ3n) is 4.38. The van der Waals surface area contributed by atoms with Crippen LogP contribution in [0.25, 0.3) is 0 Å². The van der Waals surface area contributed by atoms with E-state index in [0.717, 1.165) is 12.8 Å². The van der Waals surface area contributed by atoms with E-state index in [2.05, 4.69) is 25.9 Å². The van der Waals surface area contributed by atoms with Crippen LogP contribution in [0.2, 0.25) is 0 Å². The van der Waals surface area contributed by atoms with Crippen molar-refractivity contribution >= 4 is 11.7 Å². The molecule has 5 heteroatoms. The van der Waals surface area contributed by atoms with Gasteiger partial charge in [0.25, 0.3) is 0 Å². The van der Waals surface area contributed by atoms with Crippen molar-refractivity contribution in [3.63, 3.8) is 0 Å². The SMILES string of the molecule is CC1CCC(C(C)C)C(OC(=O)c2c(N)cnn2C)C1. The predicted octanol–water partition coefficient (Wildman–Crippen LogP) is 2.62. The number of aromatic nitrogens is 2. The van der Waals surface area contributed by atoms with Crippen molar-refractivity contribution in [1.29, 1.82) is 0 Å². The van der Waals surface area contributed by atoms with Gasteiger partial charge in [-0.2, -0.15) is 5.10 Å². The molecule has 5 nitrogen and oxygen atoms in total. The highest BCUT2D eigenvalue weighted by molar-refractivity contribution is 5.93. The molecule has 3 atom stereocenters. The normalized spacial score (nSPS) is 26.8. The fourth-order valence-electron chi connectivity index (χ4n) is 3.15. The summed E-state index contributed by atoms with van der Waals surface area (Å²) in [5, 5.41) is 3.99. The largest absolute Gasteiger partial charge is 0.457 e. The Morgan fingerprint density at radius 2 is 2.20 bits per heavy atom. The van der Waals surface area contributed by atoms with Gasteiger partial charge < -0.3 is 10.5 Å². The van der Waals surface area contributed by atoms with E-state index in [1.54, 1.807) is 7.05 Å². The molecule has 1 aromatic heterocycles. The van der Waals surface area contributed by atoms with Crippen LogP contribution in [0.1, 0.15) is 50.5 Å². The summed E-state index contributed by atoms with van der Waals surface area (Å²) in [6, 6.07) is 0. The van der Waals surface area contributed by atoms with Gasteiger partial charge in [-0.1, -0.05) is 27.2 Å². The van der Waals surface area contributed by atoms with E-state index < -0.39 is 0 Å². The topological polar surface area (TPSA) is 70.1 Å².